The molecule has 1 N–H and O–H groups in total. The fourth-order valence-electron chi connectivity index (χ4n) is 4.25. The van der Waals surface area contributed by atoms with E-state index in [2.05, 4.69) is 5.32 Å². The Balaban J connectivity index is 2.07. The van der Waals surface area contributed by atoms with E-state index in [0.717, 1.165) is 43.9 Å². The zero-order chi connectivity index (χ0) is 29.3. The third-order valence-electron chi connectivity index (χ3n) is 6.39. The molecule has 0 heterocycles. The Bertz CT molecular complexity index is 1380. The Hall–Kier alpha value is -3.76. The minimum Gasteiger partial charge on any atom is -0.354 e. The van der Waals surface area contributed by atoms with Gasteiger partial charge in [-0.15, -0.1) is 0 Å². The van der Waals surface area contributed by atoms with Crippen molar-refractivity contribution in [3.05, 3.63) is 101 Å². The third kappa shape index (κ3) is 8.12. The molecule has 8 nitrogen and oxygen atoms in total. The molecule has 0 aliphatic rings. The predicted molar refractivity (Wildman–Crippen MR) is 155 cm³/mol. The highest BCUT2D eigenvalue weighted by Crippen LogP contribution is 2.22. The van der Waals surface area contributed by atoms with Crippen molar-refractivity contribution in [2.75, 3.05) is 31.5 Å². The molecule has 0 aliphatic carbocycles. The van der Waals surface area contributed by atoms with Crippen molar-refractivity contribution < 1.29 is 22.4 Å². The Kier molecular flexibility index (Phi) is 10.8. The second kappa shape index (κ2) is 14.0. The van der Waals surface area contributed by atoms with E-state index in [1.807, 2.05) is 68.4 Å². The second-order valence-electron chi connectivity index (χ2n) is 9.78. The van der Waals surface area contributed by atoms with Crippen LogP contribution >= 0.6 is 0 Å². The van der Waals surface area contributed by atoms with Crippen molar-refractivity contribution in [3.63, 3.8) is 0 Å². The van der Waals surface area contributed by atoms with Crippen LogP contribution in [0.1, 0.15) is 30.0 Å². The second-order valence-corrected chi connectivity index (χ2v) is 11.8. The van der Waals surface area contributed by atoms with Crippen LogP contribution in [0, 0.1) is 12.7 Å². The van der Waals surface area contributed by atoms with Crippen LogP contribution in [0.2, 0.25) is 0 Å². The first kappa shape index (κ1) is 30.8. The molecule has 0 radical (unpaired) electrons. The summed E-state index contributed by atoms with van der Waals surface area (Å²) in [6, 6.07) is 21.0. The lowest BCUT2D eigenvalue weighted by molar-refractivity contribution is -0.140. The molecule has 1 atom stereocenters. The summed E-state index contributed by atoms with van der Waals surface area (Å²) in [5, 5.41) is 2.91. The predicted octanol–water partition coefficient (Wildman–Crippen LogP) is 3.91. The smallest absolute Gasteiger partial charge is 0.304 e. The van der Waals surface area contributed by atoms with Crippen molar-refractivity contribution in [2.24, 2.45) is 0 Å². The van der Waals surface area contributed by atoms with Gasteiger partial charge in [0.2, 0.25) is 11.8 Å². The first-order chi connectivity index (χ1) is 19.0. The molecule has 3 rings (SSSR count). The standard InChI is InChI=1S/C30H37FN4O4S/c1-5-18-32-30(37)28(20-24-11-7-6-8-12-24)34(21-25-13-9-10-23(2)19-25)29(36)22-35(40(38,39)33(3)4)27-16-14-26(31)15-17-27/h6-17,19,28H,5,18,20-22H2,1-4H3,(H,32,37). The van der Waals surface area contributed by atoms with E-state index in [9.17, 15) is 22.4 Å². The summed E-state index contributed by atoms with van der Waals surface area (Å²) in [5.74, 6) is -1.42. The largest absolute Gasteiger partial charge is 0.354 e. The number of aryl methyl sites for hydroxylation is 1. The summed E-state index contributed by atoms with van der Waals surface area (Å²) < 4.78 is 42.2. The highest BCUT2D eigenvalue weighted by molar-refractivity contribution is 7.90. The van der Waals surface area contributed by atoms with Crippen LogP contribution in [0.5, 0.6) is 0 Å². The number of anilines is 1. The van der Waals surface area contributed by atoms with Crippen molar-refractivity contribution >= 4 is 27.7 Å². The number of carbonyl (C=O) groups is 2. The van der Waals surface area contributed by atoms with Gasteiger partial charge in [0.25, 0.3) is 0 Å². The molecule has 3 aromatic rings. The van der Waals surface area contributed by atoms with E-state index in [4.69, 9.17) is 0 Å². The first-order valence-electron chi connectivity index (χ1n) is 13.1. The molecule has 1 unspecified atom stereocenters. The van der Waals surface area contributed by atoms with Gasteiger partial charge in [-0.2, -0.15) is 12.7 Å². The monoisotopic (exact) mass is 568 g/mol. The summed E-state index contributed by atoms with van der Waals surface area (Å²) in [7, 11) is -1.42. The van der Waals surface area contributed by atoms with Crippen LogP contribution < -0.4 is 9.62 Å². The SMILES string of the molecule is CCCNC(=O)C(Cc1ccccc1)N(Cc1cccc(C)c1)C(=O)CN(c1ccc(F)cc1)S(=O)(=O)N(C)C. The minimum absolute atomic E-state index is 0.0941. The van der Waals surface area contributed by atoms with Crippen LogP contribution in [0.4, 0.5) is 10.1 Å². The van der Waals surface area contributed by atoms with E-state index >= 15 is 0 Å². The normalized spacial score (nSPS) is 12.2. The summed E-state index contributed by atoms with van der Waals surface area (Å²) in [6.45, 7) is 3.83. The van der Waals surface area contributed by atoms with E-state index in [1.165, 1.54) is 31.1 Å². The summed E-state index contributed by atoms with van der Waals surface area (Å²) >= 11 is 0. The van der Waals surface area contributed by atoms with Gasteiger partial charge in [-0.05, 0) is 48.7 Å². The van der Waals surface area contributed by atoms with Gasteiger partial charge >= 0.3 is 10.2 Å². The number of benzene rings is 3. The Morgan fingerprint density at radius 2 is 1.57 bits per heavy atom. The molecule has 0 aromatic heterocycles. The number of carbonyl (C=O) groups excluding carboxylic acids is 2. The van der Waals surface area contributed by atoms with E-state index in [-0.39, 0.29) is 24.6 Å². The topological polar surface area (TPSA) is 90.0 Å². The quantitative estimate of drug-likeness (QED) is 0.339. The Morgan fingerprint density at radius 1 is 0.925 bits per heavy atom. The maximum atomic E-state index is 14.1. The van der Waals surface area contributed by atoms with Crippen molar-refractivity contribution in [1.82, 2.24) is 14.5 Å². The van der Waals surface area contributed by atoms with Gasteiger partial charge in [-0.25, -0.2) is 8.70 Å². The molecule has 0 aliphatic heterocycles. The third-order valence-corrected chi connectivity index (χ3v) is 8.21. The van der Waals surface area contributed by atoms with Crippen LogP contribution in [-0.4, -0.2) is 62.7 Å². The van der Waals surface area contributed by atoms with Crippen molar-refractivity contribution in [3.8, 4) is 0 Å². The molecule has 0 saturated heterocycles. The Morgan fingerprint density at radius 3 is 2.17 bits per heavy atom. The maximum absolute atomic E-state index is 14.1. The highest BCUT2D eigenvalue weighted by Gasteiger charge is 2.34. The molecule has 40 heavy (non-hydrogen) atoms. The molecule has 2 amide bonds. The number of nitrogens with zero attached hydrogens (tertiary/aromatic N) is 3. The molecule has 0 bridgehead atoms. The van der Waals surface area contributed by atoms with Crippen LogP contribution in [0.25, 0.3) is 0 Å². The summed E-state index contributed by atoms with van der Waals surface area (Å²) in [5.41, 5.74) is 2.79. The molecular formula is C30H37FN4O4S. The Labute approximate surface area is 236 Å². The molecule has 0 spiro atoms. The molecule has 0 fully saturated rings. The lowest BCUT2D eigenvalue weighted by Crippen LogP contribution is -2.54. The van der Waals surface area contributed by atoms with E-state index < -0.39 is 34.5 Å². The van der Waals surface area contributed by atoms with Gasteiger partial charge < -0.3 is 10.2 Å². The van der Waals surface area contributed by atoms with Gasteiger partial charge in [0.15, 0.2) is 0 Å². The van der Waals surface area contributed by atoms with Crippen LogP contribution in [0.3, 0.4) is 0 Å². The lowest BCUT2D eigenvalue weighted by Gasteiger charge is -2.34. The van der Waals surface area contributed by atoms with Crippen LogP contribution in [-0.2, 0) is 32.8 Å². The van der Waals surface area contributed by atoms with Gasteiger partial charge in [-0.3, -0.25) is 9.59 Å². The average molecular weight is 569 g/mol. The van der Waals surface area contributed by atoms with Crippen molar-refractivity contribution in [2.45, 2.75) is 39.3 Å². The van der Waals surface area contributed by atoms with Gasteiger partial charge in [-0.1, -0.05) is 67.1 Å². The summed E-state index contributed by atoms with van der Waals surface area (Å²) in [4.78, 5) is 29.1. The number of hydrogen-bond acceptors (Lipinski definition) is 4. The van der Waals surface area contributed by atoms with E-state index in [0.29, 0.717) is 6.54 Å². The number of amides is 2. The first-order valence-corrected chi connectivity index (χ1v) is 14.5. The van der Waals surface area contributed by atoms with Gasteiger partial charge in [0.1, 0.15) is 18.4 Å². The fraction of sp³-hybridized carbons (Fsp3) is 0.333. The maximum Gasteiger partial charge on any atom is 0.304 e. The number of nitrogens with one attached hydrogen (secondary N) is 1. The molecule has 3 aromatic carbocycles. The fourth-order valence-corrected chi connectivity index (χ4v) is 5.31. The zero-order valence-corrected chi connectivity index (χ0v) is 24.2. The van der Waals surface area contributed by atoms with Crippen molar-refractivity contribution in [1.29, 1.82) is 0 Å². The number of hydrogen-bond donors (Lipinski definition) is 1. The van der Waals surface area contributed by atoms with Gasteiger partial charge in [0.05, 0.1) is 5.69 Å². The zero-order valence-electron chi connectivity index (χ0n) is 23.4. The molecular weight excluding hydrogens is 531 g/mol. The number of halogens is 1. The average Bonchev–Trinajstić information content (AvgIpc) is 2.93. The number of rotatable bonds is 13. The summed E-state index contributed by atoms with van der Waals surface area (Å²) in [6.07, 6.45) is 0.958. The highest BCUT2D eigenvalue weighted by atomic mass is 32.2. The molecule has 10 heteroatoms. The minimum atomic E-state index is -4.14. The van der Waals surface area contributed by atoms with E-state index in [1.54, 1.807) is 0 Å². The van der Waals surface area contributed by atoms with Crippen LogP contribution in [0.15, 0.2) is 78.9 Å². The van der Waals surface area contributed by atoms with Gasteiger partial charge in [0, 0.05) is 33.6 Å². The lowest BCUT2D eigenvalue weighted by atomic mass is 10.0. The molecule has 0 saturated carbocycles. The molecule has 214 valence electrons.